The number of nitrogens with two attached hydrogens (primary N) is 1. The molecule has 23 heavy (non-hydrogen) atoms. The molecule has 0 aliphatic carbocycles. The first-order chi connectivity index (χ1) is 11.1. The summed E-state index contributed by atoms with van der Waals surface area (Å²) in [6, 6.07) is 14.7. The fourth-order valence-corrected chi connectivity index (χ4v) is 3.04. The number of alkyl halides is 1. The van der Waals surface area contributed by atoms with Gasteiger partial charge in [-0.25, -0.2) is 4.39 Å². The zero-order valence-electron chi connectivity index (χ0n) is 12.4. The maximum Gasteiger partial charge on any atom is 0.248 e. The summed E-state index contributed by atoms with van der Waals surface area (Å²) in [5, 5.41) is 9.01. The number of nitriles is 1. The average Bonchev–Trinajstić information content (AvgIpc) is 2.96. The number of carbonyl (C=O) groups excluding carboxylic acids is 1. The third-order valence-corrected chi connectivity index (χ3v) is 4.21. The van der Waals surface area contributed by atoms with E-state index in [1.807, 2.05) is 36.5 Å². The molecule has 1 aliphatic heterocycles. The molecule has 4 nitrogen and oxygen atoms in total. The monoisotopic (exact) mass is 309 g/mol. The number of hydrogen-bond acceptors (Lipinski definition) is 3. The summed E-state index contributed by atoms with van der Waals surface area (Å²) in [6.45, 7) is 0.385. The van der Waals surface area contributed by atoms with Crippen LogP contribution in [0.5, 0.6) is 0 Å². The lowest BCUT2D eigenvalue weighted by Crippen LogP contribution is -2.16. The summed E-state index contributed by atoms with van der Waals surface area (Å²) < 4.78 is 14.4. The van der Waals surface area contributed by atoms with Crippen LogP contribution in [0.3, 0.4) is 0 Å². The van der Waals surface area contributed by atoms with Crippen molar-refractivity contribution >= 4 is 5.91 Å². The van der Waals surface area contributed by atoms with Gasteiger partial charge in [-0.15, -0.1) is 0 Å². The van der Waals surface area contributed by atoms with Crippen LogP contribution in [0.2, 0.25) is 0 Å². The lowest BCUT2D eigenvalue weighted by molar-refractivity contribution is 0.1000. The highest BCUT2D eigenvalue weighted by molar-refractivity contribution is 5.94. The van der Waals surface area contributed by atoms with Gasteiger partial charge in [-0.3, -0.25) is 4.79 Å². The SMILES string of the molecule is N#CN1C[C@@H](F)[C@H](c2cc(C(N)=O)ccc2-c2ccccc2)C1. The average molecular weight is 309 g/mol. The molecular weight excluding hydrogens is 293 g/mol. The fraction of sp³-hybridized carbons (Fsp3) is 0.222. The number of halogens is 1. The van der Waals surface area contributed by atoms with E-state index in [1.54, 1.807) is 18.2 Å². The summed E-state index contributed by atoms with van der Waals surface area (Å²) >= 11 is 0. The van der Waals surface area contributed by atoms with E-state index in [4.69, 9.17) is 11.0 Å². The van der Waals surface area contributed by atoms with Crippen LogP contribution < -0.4 is 5.73 Å². The quantitative estimate of drug-likeness (QED) is 0.886. The third-order valence-electron chi connectivity index (χ3n) is 4.21. The minimum Gasteiger partial charge on any atom is -0.366 e. The van der Waals surface area contributed by atoms with Crippen LogP contribution in [-0.2, 0) is 0 Å². The lowest BCUT2D eigenvalue weighted by Gasteiger charge is -2.18. The molecule has 2 atom stereocenters. The molecule has 0 aromatic heterocycles. The van der Waals surface area contributed by atoms with Crippen LogP contribution in [0.1, 0.15) is 21.8 Å². The molecule has 0 bridgehead atoms. The Balaban J connectivity index is 2.11. The molecule has 3 rings (SSSR count). The van der Waals surface area contributed by atoms with E-state index in [2.05, 4.69) is 0 Å². The summed E-state index contributed by atoms with van der Waals surface area (Å²) in [5.41, 5.74) is 8.24. The Morgan fingerprint density at radius 1 is 1.22 bits per heavy atom. The Labute approximate surface area is 133 Å². The van der Waals surface area contributed by atoms with Crippen molar-refractivity contribution in [1.82, 2.24) is 4.90 Å². The highest BCUT2D eigenvalue weighted by Crippen LogP contribution is 2.36. The van der Waals surface area contributed by atoms with Crippen LogP contribution in [0, 0.1) is 11.5 Å². The van der Waals surface area contributed by atoms with Crippen LogP contribution in [0.15, 0.2) is 48.5 Å². The number of rotatable bonds is 3. The predicted molar refractivity (Wildman–Crippen MR) is 85.2 cm³/mol. The lowest BCUT2D eigenvalue weighted by atomic mass is 9.87. The van der Waals surface area contributed by atoms with Gasteiger partial charge in [0.1, 0.15) is 6.17 Å². The van der Waals surface area contributed by atoms with Crippen molar-refractivity contribution in [2.45, 2.75) is 12.1 Å². The molecule has 1 amide bonds. The van der Waals surface area contributed by atoms with Crippen molar-refractivity contribution in [3.63, 3.8) is 0 Å². The van der Waals surface area contributed by atoms with Gasteiger partial charge in [0.15, 0.2) is 6.19 Å². The molecule has 0 radical (unpaired) electrons. The second-order valence-corrected chi connectivity index (χ2v) is 5.66. The smallest absolute Gasteiger partial charge is 0.248 e. The molecule has 5 heteroatoms. The van der Waals surface area contributed by atoms with Gasteiger partial charge in [-0.2, -0.15) is 5.26 Å². The van der Waals surface area contributed by atoms with E-state index in [9.17, 15) is 9.18 Å². The minimum absolute atomic E-state index is 0.0796. The summed E-state index contributed by atoms with van der Waals surface area (Å²) in [7, 11) is 0. The van der Waals surface area contributed by atoms with E-state index in [0.29, 0.717) is 12.1 Å². The molecule has 1 heterocycles. The van der Waals surface area contributed by atoms with Gasteiger partial charge in [-0.1, -0.05) is 36.4 Å². The van der Waals surface area contributed by atoms with Crippen molar-refractivity contribution in [3.05, 3.63) is 59.7 Å². The molecule has 2 N–H and O–H groups in total. The second-order valence-electron chi connectivity index (χ2n) is 5.66. The van der Waals surface area contributed by atoms with E-state index < -0.39 is 18.0 Å². The van der Waals surface area contributed by atoms with Crippen LogP contribution >= 0.6 is 0 Å². The third kappa shape index (κ3) is 2.88. The minimum atomic E-state index is -1.15. The van der Waals surface area contributed by atoms with Gasteiger partial charge in [0, 0.05) is 18.0 Å². The zero-order chi connectivity index (χ0) is 16.4. The Morgan fingerprint density at radius 2 is 1.96 bits per heavy atom. The number of amides is 1. The van der Waals surface area contributed by atoms with E-state index >= 15 is 0 Å². The molecule has 116 valence electrons. The first-order valence-corrected chi connectivity index (χ1v) is 7.38. The van der Waals surface area contributed by atoms with Gasteiger partial charge < -0.3 is 10.6 Å². The fourth-order valence-electron chi connectivity index (χ4n) is 3.04. The number of nitrogens with zero attached hydrogens (tertiary/aromatic N) is 2. The van der Waals surface area contributed by atoms with Crippen molar-refractivity contribution in [2.24, 2.45) is 5.73 Å². The molecule has 0 spiro atoms. The Kier molecular flexibility index (Phi) is 3.98. The number of likely N-dealkylation sites (tertiary alicyclic amines) is 1. The number of benzene rings is 2. The summed E-state index contributed by atoms with van der Waals surface area (Å²) in [5.74, 6) is -0.999. The van der Waals surface area contributed by atoms with Crippen molar-refractivity contribution in [1.29, 1.82) is 5.26 Å². The molecule has 0 saturated carbocycles. The molecule has 1 fully saturated rings. The molecule has 2 aromatic carbocycles. The highest BCUT2D eigenvalue weighted by atomic mass is 19.1. The molecule has 1 aliphatic rings. The standard InChI is InChI=1S/C18H16FN3O/c19-17-10-22(11-20)9-16(17)15-8-13(18(21)23)6-7-14(15)12-4-2-1-3-5-12/h1-8,16-17H,9-10H2,(H2,21,23)/t16-,17+/m0/s1. The van der Waals surface area contributed by atoms with E-state index in [-0.39, 0.29) is 6.54 Å². The molecule has 0 unspecified atom stereocenters. The van der Waals surface area contributed by atoms with Crippen LogP contribution in [-0.4, -0.2) is 30.1 Å². The van der Waals surface area contributed by atoms with Gasteiger partial charge >= 0.3 is 0 Å². The van der Waals surface area contributed by atoms with Crippen LogP contribution in [0.4, 0.5) is 4.39 Å². The van der Waals surface area contributed by atoms with E-state index in [1.165, 1.54) is 4.90 Å². The molecular formula is C18H16FN3O. The maximum absolute atomic E-state index is 14.4. The predicted octanol–water partition coefficient (Wildman–Crippen LogP) is 2.67. The first-order valence-electron chi connectivity index (χ1n) is 7.38. The second kappa shape index (κ2) is 6.09. The Bertz CT molecular complexity index is 770. The van der Waals surface area contributed by atoms with Crippen molar-refractivity contribution in [2.75, 3.05) is 13.1 Å². The summed E-state index contributed by atoms with van der Waals surface area (Å²) in [4.78, 5) is 12.9. The number of primary amides is 1. The van der Waals surface area contributed by atoms with Gasteiger partial charge in [0.25, 0.3) is 0 Å². The summed E-state index contributed by atoms with van der Waals surface area (Å²) in [6.07, 6.45) is 0.840. The van der Waals surface area contributed by atoms with Gasteiger partial charge in [0.2, 0.25) is 5.91 Å². The van der Waals surface area contributed by atoms with E-state index in [0.717, 1.165) is 16.7 Å². The number of hydrogen-bond donors (Lipinski definition) is 1. The number of carbonyl (C=O) groups is 1. The molecule has 1 saturated heterocycles. The van der Waals surface area contributed by atoms with Crippen molar-refractivity contribution in [3.8, 4) is 17.3 Å². The van der Waals surface area contributed by atoms with Crippen molar-refractivity contribution < 1.29 is 9.18 Å². The topological polar surface area (TPSA) is 70.1 Å². The molecule has 2 aromatic rings. The Hall–Kier alpha value is -2.87. The normalized spacial score (nSPS) is 20.3. The maximum atomic E-state index is 14.4. The highest BCUT2D eigenvalue weighted by Gasteiger charge is 2.35. The van der Waals surface area contributed by atoms with Gasteiger partial charge in [-0.05, 0) is 28.8 Å². The van der Waals surface area contributed by atoms with Crippen LogP contribution in [0.25, 0.3) is 11.1 Å². The first kappa shape index (κ1) is 15.0. The Morgan fingerprint density at radius 3 is 2.57 bits per heavy atom. The van der Waals surface area contributed by atoms with Gasteiger partial charge in [0.05, 0.1) is 6.54 Å². The zero-order valence-corrected chi connectivity index (χ0v) is 12.4. The largest absolute Gasteiger partial charge is 0.366 e.